The van der Waals surface area contributed by atoms with E-state index < -0.39 is 0 Å². The molecule has 1 aromatic carbocycles. The fourth-order valence-electron chi connectivity index (χ4n) is 3.01. The van der Waals surface area contributed by atoms with Crippen LogP contribution >= 0.6 is 0 Å². The van der Waals surface area contributed by atoms with Crippen molar-refractivity contribution in [1.29, 1.82) is 0 Å². The van der Waals surface area contributed by atoms with Crippen molar-refractivity contribution in [3.63, 3.8) is 0 Å². The molecule has 3 aromatic rings. The highest BCUT2D eigenvalue weighted by Crippen LogP contribution is 2.27. The second-order valence-corrected chi connectivity index (χ2v) is 6.04. The Morgan fingerprint density at radius 1 is 1.17 bits per heavy atom. The number of hydrogen-bond donors (Lipinski definition) is 0. The van der Waals surface area contributed by atoms with Crippen molar-refractivity contribution < 1.29 is 9.15 Å². The molecule has 0 aliphatic carbocycles. The number of ether oxygens (including phenoxy) is 1. The number of rotatable bonds is 5. The average Bonchev–Trinajstić information content (AvgIpc) is 3.32. The van der Waals surface area contributed by atoms with Crippen LogP contribution in [0.25, 0.3) is 0 Å². The highest BCUT2D eigenvalue weighted by atomic mass is 16.5. The molecule has 2 aromatic heterocycles. The normalized spacial score (nSPS) is 18.3. The number of aryl methyl sites for hydroxylation is 1. The van der Waals surface area contributed by atoms with Gasteiger partial charge in [-0.05, 0) is 30.2 Å². The van der Waals surface area contributed by atoms with Crippen LogP contribution in [0.1, 0.15) is 28.8 Å². The van der Waals surface area contributed by atoms with E-state index in [2.05, 4.69) is 34.3 Å². The van der Waals surface area contributed by atoms with Gasteiger partial charge < -0.3 is 9.15 Å². The third-order valence-corrected chi connectivity index (χ3v) is 4.33. The van der Waals surface area contributed by atoms with E-state index in [1.54, 1.807) is 6.26 Å². The number of nitrogens with zero attached hydrogens (tertiary/aromatic N) is 4. The molecule has 1 aliphatic rings. The Morgan fingerprint density at radius 3 is 2.92 bits per heavy atom. The summed E-state index contributed by atoms with van der Waals surface area (Å²) < 4.78 is 13.2. The summed E-state index contributed by atoms with van der Waals surface area (Å²) in [6.07, 6.45) is 3.50. The maximum absolute atomic E-state index is 5.86. The molecule has 0 amide bonds. The fourth-order valence-corrected chi connectivity index (χ4v) is 3.01. The highest BCUT2D eigenvalue weighted by Gasteiger charge is 2.30. The van der Waals surface area contributed by atoms with Crippen LogP contribution in [-0.2, 0) is 17.8 Å². The first-order chi connectivity index (χ1) is 11.8. The molecular weight excluding hydrogens is 304 g/mol. The largest absolute Gasteiger partial charge is 0.468 e. The van der Waals surface area contributed by atoms with Crippen molar-refractivity contribution in [2.45, 2.75) is 26.2 Å². The monoisotopic (exact) mass is 324 g/mol. The quantitative estimate of drug-likeness (QED) is 0.722. The van der Waals surface area contributed by atoms with E-state index in [1.807, 2.05) is 35.1 Å². The molecule has 24 heavy (non-hydrogen) atoms. The third-order valence-electron chi connectivity index (χ3n) is 4.33. The summed E-state index contributed by atoms with van der Waals surface area (Å²) in [7, 11) is 0. The van der Waals surface area contributed by atoms with Crippen LogP contribution in [0.2, 0.25) is 0 Å². The molecule has 3 heterocycles. The van der Waals surface area contributed by atoms with Gasteiger partial charge in [-0.2, -0.15) is 0 Å². The number of benzene rings is 1. The van der Waals surface area contributed by atoms with Crippen molar-refractivity contribution in [3.05, 3.63) is 71.4 Å². The molecule has 1 unspecified atom stereocenters. The van der Waals surface area contributed by atoms with Gasteiger partial charge in [0, 0.05) is 6.54 Å². The molecular formula is C18H20N4O2. The molecule has 1 aliphatic heterocycles. The first kappa shape index (κ1) is 15.1. The van der Waals surface area contributed by atoms with Crippen LogP contribution in [0.5, 0.6) is 0 Å². The van der Waals surface area contributed by atoms with Gasteiger partial charge in [-0.25, -0.2) is 4.68 Å². The summed E-state index contributed by atoms with van der Waals surface area (Å²) in [4.78, 5) is 2.21. The summed E-state index contributed by atoms with van der Waals surface area (Å²) >= 11 is 0. The minimum Gasteiger partial charge on any atom is -0.468 e. The van der Waals surface area contributed by atoms with E-state index in [1.165, 1.54) is 11.1 Å². The predicted octanol–water partition coefficient (Wildman–Crippen LogP) is 2.76. The molecule has 124 valence electrons. The lowest BCUT2D eigenvalue weighted by atomic mass is 10.1. The van der Waals surface area contributed by atoms with Gasteiger partial charge in [0.15, 0.2) is 6.23 Å². The Bertz CT molecular complexity index is 797. The number of hydrogen-bond acceptors (Lipinski definition) is 5. The van der Waals surface area contributed by atoms with Crippen LogP contribution in [0, 0.1) is 6.92 Å². The minimum absolute atomic E-state index is 0.166. The lowest BCUT2D eigenvalue weighted by Gasteiger charge is -2.19. The van der Waals surface area contributed by atoms with E-state index in [-0.39, 0.29) is 6.23 Å². The molecule has 4 rings (SSSR count). The Kier molecular flexibility index (Phi) is 4.15. The SMILES string of the molecule is Cc1ccccc1Cn1cc(C2OCCN2Cc2ccco2)nn1. The van der Waals surface area contributed by atoms with Crippen molar-refractivity contribution in [3.8, 4) is 0 Å². The van der Waals surface area contributed by atoms with Crippen molar-refractivity contribution >= 4 is 0 Å². The summed E-state index contributed by atoms with van der Waals surface area (Å²) in [5.41, 5.74) is 3.34. The molecule has 1 fully saturated rings. The van der Waals surface area contributed by atoms with Gasteiger partial charge in [0.1, 0.15) is 11.5 Å². The molecule has 6 heteroatoms. The maximum Gasteiger partial charge on any atom is 0.157 e. The molecule has 0 spiro atoms. The topological polar surface area (TPSA) is 56.3 Å². The smallest absolute Gasteiger partial charge is 0.157 e. The van der Waals surface area contributed by atoms with Gasteiger partial charge in [-0.3, -0.25) is 4.90 Å². The van der Waals surface area contributed by atoms with E-state index in [4.69, 9.17) is 9.15 Å². The minimum atomic E-state index is -0.166. The zero-order chi connectivity index (χ0) is 16.4. The molecule has 1 saturated heterocycles. The van der Waals surface area contributed by atoms with Crippen LogP contribution in [0.15, 0.2) is 53.3 Å². The zero-order valence-electron chi connectivity index (χ0n) is 13.6. The van der Waals surface area contributed by atoms with Crippen LogP contribution in [0.4, 0.5) is 0 Å². The third kappa shape index (κ3) is 3.11. The van der Waals surface area contributed by atoms with E-state index in [9.17, 15) is 0 Å². The fraction of sp³-hybridized carbons (Fsp3) is 0.333. The van der Waals surface area contributed by atoms with Gasteiger partial charge in [0.05, 0.1) is 32.2 Å². The van der Waals surface area contributed by atoms with E-state index in [0.29, 0.717) is 19.7 Å². The van der Waals surface area contributed by atoms with Gasteiger partial charge in [-0.15, -0.1) is 5.10 Å². The Balaban J connectivity index is 1.48. The molecule has 0 N–H and O–H groups in total. The van der Waals surface area contributed by atoms with Gasteiger partial charge in [0.25, 0.3) is 0 Å². The molecule has 6 nitrogen and oxygen atoms in total. The second kappa shape index (κ2) is 6.59. The lowest BCUT2D eigenvalue weighted by Crippen LogP contribution is -2.23. The predicted molar refractivity (Wildman–Crippen MR) is 88.1 cm³/mol. The second-order valence-electron chi connectivity index (χ2n) is 6.04. The number of furan rings is 1. The number of aromatic nitrogens is 3. The Hall–Kier alpha value is -2.44. The van der Waals surface area contributed by atoms with Gasteiger partial charge >= 0.3 is 0 Å². The summed E-state index contributed by atoms with van der Waals surface area (Å²) in [5, 5.41) is 8.58. The first-order valence-corrected chi connectivity index (χ1v) is 8.12. The van der Waals surface area contributed by atoms with Crippen molar-refractivity contribution in [2.24, 2.45) is 0 Å². The summed E-state index contributed by atoms with van der Waals surface area (Å²) in [6.45, 7) is 5.08. The van der Waals surface area contributed by atoms with Gasteiger partial charge in [0.2, 0.25) is 0 Å². The summed E-state index contributed by atoms with van der Waals surface area (Å²) in [6, 6.07) is 12.2. The molecule has 0 radical (unpaired) electrons. The van der Waals surface area contributed by atoms with Crippen LogP contribution in [0.3, 0.4) is 0 Å². The molecule has 1 atom stereocenters. The zero-order valence-corrected chi connectivity index (χ0v) is 13.6. The van der Waals surface area contributed by atoms with E-state index >= 15 is 0 Å². The Morgan fingerprint density at radius 2 is 2.08 bits per heavy atom. The van der Waals surface area contributed by atoms with Crippen molar-refractivity contribution in [2.75, 3.05) is 13.2 Å². The lowest BCUT2D eigenvalue weighted by molar-refractivity contribution is 0.0223. The van der Waals surface area contributed by atoms with Crippen LogP contribution in [-0.4, -0.2) is 33.0 Å². The summed E-state index contributed by atoms with van der Waals surface area (Å²) in [5.74, 6) is 0.929. The van der Waals surface area contributed by atoms with Gasteiger partial charge in [-0.1, -0.05) is 29.5 Å². The highest BCUT2D eigenvalue weighted by molar-refractivity contribution is 5.25. The maximum atomic E-state index is 5.86. The average molecular weight is 324 g/mol. The van der Waals surface area contributed by atoms with E-state index in [0.717, 1.165) is 18.0 Å². The Labute approximate surface area is 140 Å². The molecule has 0 saturated carbocycles. The van der Waals surface area contributed by atoms with Crippen molar-refractivity contribution in [1.82, 2.24) is 19.9 Å². The molecule has 0 bridgehead atoms. The standard InChI is InChI=1S/C18H20N4O2/c1-14-5-2-3-6-15(14)11-22-13-17(19-20-22)18-21(8-10-24-18)12-16-7-4-9-23-16/h2-7,9,13,18H,8,10-12H2,1H3. The van der Waals surface area contributed by atoms with Crippen LogP contribution < -0.4 is 0 Å². The first-order valence-electron chi connectivity index (χ1n) is 8.12.